The number of hydrogen-bond acceptors (Lipinski definition) is 2. The summed E-state index contributed by atoms with van der Waals surface area (Å²) in [7, 11) is 0. The van der Waals surface area contributed by atoms with Crippen molar-refractivity contribution in [1.29, 1.82) is 0 Å². The van der Waals surface area contributed by atoms with Crippen molar-refractivity contribution in [2.24, 2.45) is 0 Å². The summed E-state index contributed by atoms with van der Waals surface area (Å²) < 4.78 is 55.3. The van der Waals surface area contributed by atoms with E-state index in [-0.39, 0.29) is 23.6 Å². The number of hydrogen-bond donors (Lipinski definition) is 0. The normalized spacial score (nSPS) is 18.5. The Morgan fingerprint density at radius 3 is 2.15 bits per heavy atom. The van der Waals surface area contributed by atoms with Crippen LogP contribution < -0.4 is 0 Å². The summed E-state index contributed by atoms with van der Waals surface area (Å²) in [5.74, 6) is -2.00. The smallest absolute Gasteiger partial charge is 0.166 e. The average Bonchev–Trinajstić information content (AvgIpc) is 2.85. The van der Waals surface area contributed by atoms with Gasteiger partial charge in [-0.15, -0.1) is 0 Å². The summed E-state index contributed by atoms with van der Waals surface area (Å²) in [6.45, 7) is 4.76. The van der Waals surface area contributed by atoms with Gasteiger partial charge >= 0.3 is 0 Å². The van der Waals surface area contributed by atoms with Gasteiger partial charge < -0.3 is 9.47 Å². The SMILES string of the molecule is C/C=C\CCCc1ccc(-c2ccc(-c3ccc(C4COC(C)OC4)cc3F)cc2)c(F)c1F. The average molecular weight is 467 g/mol. The standard InChI is InChI=1S/C29H29F3O2/c1-3-4-5-6-7-22-12-15-26(29(32)28(22)31)21-10-8-20(9-11-21)25-14-13-23(16-27(25)30)24-17-33-19(2)34-18-24/h3-4,8-16,19,24H,5-7,17-18H2,1-2H3/b4-3-. The number of benzene rings is 3. The molecule has 0 aliphatic carbocycles. The van der Waals surface area contributed by atoms with E-state index in [9.17, 15) is 13.2 Å². The highest BCUT2D eigenvalue weighted by Crippen LogP contribution is 2.32. The van der Waals surface area contributed by atoms with Gasteiger partial charge in [0.05, 0.1) is 13.2 Å². The topological polar surface area (TPSA) is 18.5 Å². The molecule has 0 amide bonds. The molecular weight excluding hydrogens is 437 g/mol. The number of aryl methyl sites for hydroxylation is 1. The van der Waals surface area contributed by atoms with Gasteiger partial charge in [-0.1, -0.05) is 60.7 Å². The molecule has 4 rings (SSSR count). The first-order valence-electron chi connectivity index (χ1n) is 11.7. The van der Waals surface area contributed by atoms with Gasteiger partial charge in [-0.3, -0.25) is 0 Å². The molecule has 0 unspecified atom stereocenters. The van der Waals surface area contributed by atoms with E-state index in [1.807, 2.05) is 32.1 Å². The van der Waals surface area contributed by atoms with Crippen molar-refractivity contribution in [3.05, 3.63) is 95.3 Å². The number of halogens is 3. The van der Waals surface area contributed by atoms with Crippen LogP contribution in [-0.4, -0.2) is 19.5 Å². The Balaban J connectivity index is 1.50. The first kappa shape index (κ1) is 24.2. The lowest BCUT2D eigenvalue weighted by Gasteiger charge is -2.27. The van der Waals surface area contributed by atoms with Gasteiger partial charge in [0.1, 0.15) is 5.82 Å². The molecule has 0 saturated carbocycles. The highest BCUT2D eigenvalue weighted by Gasteiger charge is 2.22. The maximum atomic E-state index is 14.9. The van der Waals surface area contributed by atoms with E-state index in [4.69, 9.17) is 9.47 Å². The molecule has 178 valence electrons. The van der Waals surface area contributed by atoms with E-state index in [2.05, 4.69) is 0 Å². The van der Waals surface area contributed by atoms with Crippen molar-refractivity contribution < 1.29 is 22.6 Å². The zero-order valence-electron chi connectivity index (χ0n) is 19.5. The van der Waals surface area contributed by atoms with Crippen LogP contribution in [0.4, 0.5) is 13.2 Å². The highest BCUT2D eigenvalue weighted by molar-refractivity contribution is 5.71. The van der Waals surface area contributed by atoms with Crippen LogP contribution in [0.25, 0.3) is 22.3 Å². The fourth-order valence-corrected chi connectivity index (χ4v) is 4.22. The zero-order chi connectivity index (χ0) is 24.1. The Hall–Kier alpha value is -2.89. The van der Waals surface area contributed by atoms with E-state index in [0.29, 0.717) is 41.9 Å². The molecule has 0 N–H and O–H groups in total. The molecule has 5 heteroatoms. The fourth-order valence-electron chi connectivity index (χ4n) is 4.22. The summed E-state index contributed by atoms with van der Waals surface area (Å²) in [4.78, 5) is 0. The van der Waals surface area contributed by atoms with E-state index < -0.39 is 11.6 Å². The molecule has 34 heavy (non-hydrogen) atoms. The quantitative estimate of drug-likeness (QED) is 0.261. The Bertz CT molecular complexity index is 1150. The van der Waals surface area contributed by atoms with Crippen molar-refractivity contribution in [2.45, 2.75) is 45.3 Å². The second-order valence-electron chi connectivity index (χ2n) is 8.61. The van der Waals surface area contributed by atoms with E-state index in [1.54, 1.807) is 42.5 Å². The minimum Gasteiger partial charge on any atom is -0.352 e. The molecule has 1 saturated heterocycles. The van der Waals surface area contributed by atoms with Crippen LogP contribution in [0, 0.1) is 17.5 Å². The zero-order valence-corrected chi connectivity index (χ0v) is 19.5. The monoisotopic (exact) mass is 466 g/mol. The van der Waals surface area contributed by atoms with E-state index in [0.717, 1.165) is 18.4 Å². The molecule has 0 radical (unpaired) electrons. The van der Waals surface area contributed by atoms with Gasteiger partial charge in [-0.2, -0.15) is 0 Å². The second kappa shape index (κ2) is 11.0. The molecule has 1 aliphatic rings. The first-order valence-corrected chi connectivity index (χ1v) is 11.7. The molecule has 0 aromatic heterocycles. The van der Waals surface area contributed by atoms with Crippen molar-refractivity contribution in [1.82, 2.24) is 0 Å². The Labute approximate surface area is 199 Å². The molecule has 1 heterocycles. The summed E-state index contributed by atoms with van der Waals surface area (Å²) in [5.41, 5.74) is 3.07. The number of ether oxygens (including phenoxy) is 2. The third-order valence-electron chi connectivity index (χ3n) is 6.25. The Morgan fingerprint density at radius 1 is 0.853 bits per heavy atom. The molecule has 3 aromatic rings. The van der Waals surface area contributed by atoms with Crippen LogP contribution in [0.1, 0.15) is 43.7 Å². The van der Waals surface area contributed by atoms with Crippen LogP contribution in [0.2, 0.25) is 0 Å². The predicted molar refractivity (Wildman–Crippen MR) is 129 cm³/mol. The lowest BCUT2D eigenvalue weighted by Crippen LogP contribution is -2.28. The number of unbranched alkanes of at least 4 members (excludes halogenated alkanes) is 1. The minimum atomic E-state index is -0.849. The molecule has 1 fully saturated rings. The molecule has 1 aliphatic heterocycles. The number of rotatable bonds is 7. The predicted octanol–water partition coefficient (Wildman–Crippen LogP) is 7.81. The summed E-state index contributed by atoms with van der Waals surface area (Å²) in [6, 6.07) is 15.2. The maximum Gasteiger partial charge on any atom is 0.166 e. The molecular formula is C29H29F3O2. The Morgan fingerprint density at radius 2 is 1.50 bits per heavy atom. The Kier molecular flexibility index (Phi) is 7.86. The molecule has 2 nitrogen and oxygen atoms in total. The van der Waals surface area contributed by atoms with Crippen molar-refractivity contribution in [3.63, 3.8) is 0 Å². The summed E-state index contributed by atoms with van der Waals surface area (Å²) in [6.07, 6.45) is 5.81. The third-order valence-corrected chi connectivity index (χ3v) is 6.25. The van der Waals surface area contributed by atoms with Crippen molar-refractivity contribution in [3.8, 4) is 22.3 Å². The summed E-state index contributed by atoms with van der Waals surface area (Å²) in [5, 5.41) is 0. The van der Waals surface area contributed by atoms with E-state index in [1.165, 1.54) is 6.07 Å². The molecule has 0 spiro atoms. The largest absolute Gasteiger partial charge is 0.352 e. The lowest BCUT2D eigenvalue weighted by atomic mass is 9.94. The fraction of sp³-hybridized carbons (Fsp3) is 0.310. The molecule has 3 aromatic carbocycles. The second-order valence-corrected chi connectivity index (χ2v) is 8.61. The molecule has 0 atom stereocenters. The van der Waals surface area contributed by atoms with E-state index >= 15 is 0 Å². The number of allylic oxidation sites excluding steroid dienone is 2. The maximum absolute atomic E-state index is 14.9. The van der Waals surface area contributed by atoms with Gasteiger partial charge in [0, 0.05) is 17.0 Å². The third kappa shape index (κ3) is 5.43. The first-order chi connectivity index (χ1) is 16.5. The van der Waals surface area contributed by atoms with Gasteiger partial charge in [-0.25, -0.2) is 13.2 Å². The summed E-state index contributed by atoms with van der Waals surface area (Å²) >= 11 is 0. The minimum absolute atomic E-state index is 0.00826. The molecule has 0 bridgehead atoms. The van der Waals surface area contributed by atoms with Crippen molar-refractivity contribution >= 4 is 0 Å². The van der Waals surface area contributed by atoms with Crippen LogP contribution in [0.3, 0.4) is 0 Å². The van der Waals surface area contributed by atoms with Gasteiger partial charge in [0.2, 0.25) is 0 Å². The van der Waals surface area contributed by atoms with Crippen LogP contribution >= 0.6 is 0 Å². The van der Waals surface area contributed by atoms with Crippen LogP contribution in [0.5, 0.6) is 0 Å². The highest BCUT2D eigenvalue weighted by atomic mass is 19.2. The van der Waals surface area contributed by atoms with Crippen LogP contribution in [-0.2, 0) is 15.9 Å². The van der Waals surface area contributed by atoms with Crippen molar-refractivity contribution in [2.75, 3.05) is 13.2 Å². The van der Waals surface area contributed by atoms with Gasteiger partial charge in [0.15, 0.2) is 17.9 Å². The van der Waals surface area contributed by atoms with Gasteiger partial charge in [0.25, 0.3) is 0 Å². The van der Waals surface area contributed by atoms with Crippen LogP contribution in [0.15, 0.2) is 66.7 Å². The van der Waals surface area contributed by atoms with Gasteiger partial charge in [-0.05, 0) is 61.4 Å². The lowest BCUT2D eigenvalue weighted by molar-refractivity contribution is -0.176.